The van der Waals surface area contributed by atoms with Crippen molar-refractivity contribution < 1.29 is 14.3 Å². The molecule has 0 fully saturated rings. The van der Waals surface area contributed by atoms with Crippen molar-refractivity contribution in [2.75, 3.05) is 31.6 Å². The van der Waals surface area contributed by atoms with E-state index in [9.17, 15) is 9.59 Å². The maximum Gasteiger partial charge on any atom is 0.243 e. The Kier molecular flexibility index (Phi) is 11.1. The average Bonchev–Trinajstić information content (AvgIpc) is 2.67. The number of carbonyl (C=O) groups excluding carboxylic acids is 2. The SMILES string of the molecule is C=CC(=O)NCCCCNc1cc(C)ccc1OCCCCNC(=O)C=C. The fraction of sp³-hybridized carbons (Fsp3) is 0.429. The zero-order valence-electron chi connectivity index (χ0n) is 16.2. The third-order valence-electron chi connectivity index (χ3n) is 3.85. The molecule has 0 saturated heterocycles. The third-order valence-corrected chi connectivity index (χ3v) is 3.85. The number of rotatable bonds is 14. The van der Waals surface area contributed by atoms with Crippen molar-refractivity contribution in [3.63, 3.8) is 0 Å². The molecule has 6 heteroatoms. The predicted molar refractivity (Wildman–Crippen MR) is 110 cm³/mol. The molecule has 1 aromatic carbocycles. The number of amides is 2. The van der Waals surface area contributed by atoms with E-state index in [-0.39, 0.29) is 11.8 Å². The Balaban J connectivity index is 2.30. The van der Waals surface area contributed by atoms with E-state index in [1.165, 1.54) is 12.2 Å². The van der Waals surface area contributed by atoms with E-state index in [1.807, 2.05) is 19.1 Å². The number of hydrogen-bond donors (Lipinski definition) is 3. The van der Waals surface area contributed by atoms with Gasteiger partial charge in [-0.3, -0.25) is 9.59 Å². The van der Waals surface area contributed by atoms with Gasteiger partial charge in [0.05, 0.1) is 12.3 Å². The molecular weight excluding hydrogens is 342 g/mol. The highest BCUT2D eigenvalue weighted by Crippen LogP contribution is 2.26. The molecule has 6 nitrogen and oxygen atoms in total. The summed E-state index contributed by atoms with van der Waals surface area (Å²) in [6.45, 7) is 11.5. The lowest BCUT2D eigenvalue weighted by Crippen LogP contribution is -2.22. The molecule has 0 spiro atoms. The Hall–Kier alpha value is -2.76. The van der Waals surface area contributed by atoms with E-state index < -0.39 is 0 Å². The van der Waals surface area contributed by atoms with Crippen LogP contribution in [0.15, 0.2) is 43.5 Å². The highest BCUT2D eigenvalue weighted by Gasteiger charge is 2.04. The van der Waals surface area contributed by atoms with Gasteiger partial charge in [0.15, 0.2) is 0 Å². The lowest BCUT2D eigenvalue weighted by atomic mass is 10.2. The molecule has 0 bridgehead atoms. The van der Waals surface area contributed by atoms with Crippen molar-refractivity contribution >= 4 is 17.5 Å². The van der Waals surface area contributed by atoms with Gasteiger partial charge in [-0.1, -0.05) is 19.2 Å². The summed E-state index contributed by atoms with van der Waals surface area (Å²) in [6, 6.07) is 6.07. The number of benzene rings is 1. The number of carbonyl (C=O) groups is 2. The molecule has 1 aromatic rings. The van der Waals surface area contributed by atoms with Crippen molar-refractivity contribution in [3.8, 4) is 5.75 Å². The van der Waals surface area contributed by atoms with Gasteiger partial charge in [0.25, 0.3) is 0 Å². The van der Waals surface area contributed by atoms with Crippen molar-refractivity contribution in [3.05, 3.63) is 49.1 Å². The fourth-order valence-electron chi connectivity index (χ4n) is 2.36. The summed E-state index contributed by atoms with van der Waals surface area (Å²) in [5, 5.41) is 8.92. The second kappa shape index (κ2) is 13.4. The third kappa shape index (κ3) is 10.1. The summed E-state index contributed by atoms with van der Waals surface area (Å²) in [5.41, 5.74) is 2.14. The van der Waals surface area contributed by atoms with Crippen LogP contribution in [0.25, 0.3) is 0 Å². The van der Waals surface area contributed by atoms with E-state index in [2.05, 4.69) is 35.2 Å². The molecule has 0 radical (unpaired) electrons. The summed E-state index contributed by atoms with van der Waals surface area (Å²) < 4.78 is 5.89. The Morgan fingerprint density at radius 1 is 0.963 bits per heavy atom. The Bertz CT molecular complexity index is 629. The highest BCUT2D eigenvalue weighted by atomic mass is 16.5. The summed E-state index contributed by atoms with van der Waals surface area (Å²) in [6.07, 6.45) is 6.09. The molecule has 0 aliphatic carbocycles. The Labute approximate surface area is 162 Å². The molecule has 0 aromatic heterocycles. The van der Waals surface area contributed by atoms with Crippen LogP contribution in [-0.2, 0) is 9.59 Å². The van der Waals surface area contributed by atoms with Gasteiger partial charge in [-0.05, 0) is 62.5 Å². The van der Waals surface area contributed by atoms with Gasteiger partial charge in [0, 0.05) is 19.6 Å². The molecule has 2 amide bonds. The van der Waals surface area contributed by atoms with Crippen LogP contribution in [0.5, 0.6) is 5.75 Å². The molecule has 0 aliphatic heterocycles. The Morgan fingerprint density at radius 2 is 1.56 bits per heavy atom. The largest absolute Gasteiger partial charge is 0.491 e. The lowest BCUT2D eigenvalue weighted by Gasteiger charge is -2.14. The number of aryl methyl sites for hydroxylation is 1. The minimum absolute atomic E-state index is 0.138. The van der Waals surface area contributed by atoms with Crippen LogP contribution < -0.4 is 20.7 Å². The van der Waals surface area contributed by atoms with Gasteiger partial charge >= 0.3 is 0 Å². The molecule has 0 aliphatic rings. The van der Waals surface area contributed by atoms with Crippen LogP contribution >= 0.6 is 0 Å². The second-order valence-electron chi connectivity index (χ2n) is 6.18. The van der Waals surface area contributed by atoms with Crippen LogP contribution in [0.3, 0.4) is 0 Å². The summed E-state index contributed by atoms with van der Waals surface area (Å²) in [5.74, 6) is 0.544. The number of anilines is 1. The van der Waals surface area contributed by atoms with Crippen molar-refractivity contribution in [1.82, 2.24) is 10.6 Å². The zero-order chi connectivity index (χ0) is 19.9. The summed E-state index contributed by atoms with van der Waals surface area (Å²) in [4.78, 5) is 22.1. The molecule has 148 valence electrons. The first-order valence-electron chi connectivity index (χ1n) is 9.34. The maximum absolute atomic E-state index is 11.1. The number of unbranched alkanes of at least 4 members (excludes halogenated alkanes) is 2. The van der Waals surface area contributed by atoms with Gasteiger partial charge < -0.3 is 20.7 Å². The van der Waals surface area contributed by atoms with Crippen molar-refractivity contribution in [2.24, 2.45) is 0 Å². The minimum Gasteiger partial charge on any atom is -0.491 e. The molecule has 1 rings (SSSR count). The van der Waals surface area contributed by atoms with E-state index in [1.54, 1.807) is 0 Å². The first-order chi connectivity index (χ1) is 13.1. The van der Waals surface area contributed by atoms with Crippen LogP contribution in [-0.4, -0.2) is 38.1 Å². The first-order valence-corrected chi connectivity index (χ1v) is 9.34. The highest BCUT2D eigenvalue weighted by molar-refractivity contribution is 5.87. The first kappa shape index (κ1) is 22.3. The van der Waals surface area contributed by atoms with Gasteiger partial charge in [0.1, 0.15) is 5.75 Å². The van der Waals surface area contributed by atoms with E-state index in [0.717, 1.165) is 49.2 Å². The summed E-state index contributed by atoms with van der Waals surface area (Å²) in [7, 11) is 0. The van der Waals surface area contributed by atoms with E-state index >= 15 is 0 Å². The molecule has 0 heterocycles. The number of ether oxygens (including phenoxy) is 1. The minimum atomic E-state index is -0.148. The number of hydrogen-bond acceptors (Lipinski definition) is 4. The van der Waals surface area contributed by atoms with Crippen molar-refractivity contribution in [1.29, 1.82) is 0 Å². The predicted octanol–water partition coefficient (Wildman–Crippen LogP) is 2.95. The quantitative estimate of drug-likeness (QED) is 0.346. The molecular formula is C21H31N3O3. The van der Waals surface area contributed by atoms with Gasteiger partial charge in [-0.2, -0.15) is 0 Å². The van der Waals surface area contributed by atoms with E-state index in [0.29, 0.717) is 19.7 Å². The standard InChI is InChI=1S/C21H31N3O3/c1-4-20(25)23-13-7-6-12-22-18-16-17(3)10-11-19(18)27-15-9-8-14-24-21(26)5-2/h4-5,10-11,16,22H,1-2,6-9,12-15H2,3H3,(H,23,25)(H,24,26). The topological polar surface area (TPSA) is 79.5 Å². The molecule has 3 N–H and O–H groups in total. The monoisotopic (exact) mass is 373 g/mol. The van der Waals surface area contributed by atoms with Crippen LogP contribution in [0.1, 0.15) is 31.2 Å². The van der Waals surface area contributed by atoms with Gasteiger partial charge in [-0.25, -0.2) is 0 Å². The number of nitrogens with one attached hydrogen (secondary N) is 3. The second-order valence-corrected chi connectivity index (χ2v) is 6.18. The normalized spacial score (nSPS) is 9.96. The molecule has 0 unspecified atom stereocenters. The fourth-order valence-corrected chi connectivity index (χ4v) is 2.36. The van der Waals surface area contributed by atoms with Crippen LogP contribution in [0.2, 0.25) is 0 Å². The van der Waals surface area contributed by atoms with Crippen LogP contribution in [0, 0.1) is 6.92 Å². The maximum atomic E-state index is 11.1. The Morgan fingerprint density at radius 3 is 2.19 bits per heavy atom. The zero-order valence-corrected chi connectivity index (χ0v) is 16.2. The smallest absolute Gasteiger partial charge is 0.243 e. The molecule has 27 heavy (non-hydrogen) atoms. The van der Waals surface area contributed by atoms with Crippen molar-refractivity contribution in [2.45, 2.75) is 32.6 Å². The van der Waals surface area contributed by atoms with Crippen LogP contribution in [0.4, 0.5) is 5.69 Å². The van der Waals surface area contributed by atoms with Gasteiger partial charge in [-0.15, -0.1) is 0 Å². The lowest BCUT2D eigenvalue weighted by molar-refractivity contribution is -0.117. The summed E-state index contributed by atoms with van der Waals surface area (Å²) >= 11 is 0. The molecule has 0 atom stereocenters. The average molecular weight is 373 g/mol. The van der Waals surface area contributed by atoms with E-state index in [4.69, 9.17) is 4.74 Å². The molecule has 0 saturated carbocycles. The van der Waals surface area contributed by atoms with Gasteiger partial charge in [0.2, 0.25) is 11.8 Å².